The Morgan fingerprint density at radius 3 is 2.79 bits per heavy atom. The Kier molecular flexibility index (Phi) is 3.30. The number of thiophene rings is 1. The van der Waals surface area contributed by atoms with Gasteiger partial charge in [-0.05, 0) is 29.5 Å². The van der Waals surface area contributed by atoms with E-state index in [2.05, 4.69) is 57.0 Å². The molecule has 0 spiro atoms. The van der Waals surface area contributed by atoms with Gasteiger partial charge >= 0.3 is 0 Å². The van der Waals surface area contributed by atoms with E-state index in [-0.39, 0.29) is 0 Å². The highest BCUT2D eigenvalue weighted by molar-refractivity contribution is 9.10. The van der Waals surface area contributed by atoms with Crippen LogP contribution in [0.3, 0.4) is 0 Å². The molecule has 2 rings (SSSR count). The van der Waals surface area contributed by atoms with Crippen molar-refractivity contribution in [1.29, 1.82) is 0 Å². The van der Waals surface area contributed by atoms with Crippen LogP contribution in [0.2, 0.25) is 0 Å². The van der Waals surface area contributed by atoms with Crippen LogP contribution in [0.4, 0.5) is 0 Å². The molecular formula is C11H10Br2S. The van der Waals surface area contributed by atoms with Gasteiger partial charge in [0.1, 0.15) is 0 Å². The van der Waals surface area contributed by atoms with E-state index in [1.54, 1.807) is 0 Å². The smallest absolute Gasteiger partial charge is 0.0360 e. The van der Waals surface area contributed by atoms with Gasteiger partial charge in [-0.25, -0.2) is 0 Å². The van der Waals surface area contributed by atoms with Crippen LogP contribution in [-0.2, 0) is 11.8 Å². The summed E-state index contributed by atoms with van der Waals surface area (Å²) in [6.45, 7) is 2.21. The molecule has 0 aliphatic carbocycles. The molecule has 74 valence electrons. The first kappa shape index (κ1) is 10.7. The number of benzene rings is 1. The average molecular weight is 334 g/mol. The SMILES string of the molecule is CCc1sc2cc(Br)ccc2c1CBr. The zero-order valence-corrected chi connectivity index (χ0v) is 11.8. The fraction of sp³-hybridized carbons (Fsp3) is 0.273. The minimum atomic E-state index is 0.956. The number of rotatable bonds is 2. The third-order valence-corrected chi connectivity index (χ3v) is 4.69. The van der Waals surface area contributed by atoms with Crippen LogP contribution in [0.1, 0.15) is 17.4 Å². The minimum Gasteiger partial charge on any atom is -0.140 e. The largest absolute Gasteiger partial charge is 0.140 e. The Balaban J connectivity index is 2.73. The lowest BCUT2D eigenvalue weighted by Crippen LogP contribution is -1.80. The molecule has 0 unspecified atom stereocenters. The first-order valence-electron chi connectivity index (χ1n) is 4.52. The van der Waals surface area contributed by atoms with Crippen molar-refractivity contribution in [3.8, 4) is 0 Å². The molecule has 0 amide bonds. The molecule has 0 saturated heterocycles. The topological polar surface area (TPSA) is 0 Å². The summed E-state index contributed by atoms with van der Waals surface area (Å²) >= 11 is 8.97. The molecule has 0 aliphatic heterocycles. The Morgan fingerprint density at radius 1 is 1.36 bits per heavy atom. The fourth-order valence-electron chi connectivity index (χ4n) is 1.61. The minimum absolute atomic E-state index is 0.956. The molecule has 0 nitrogen and oxygen atoms in total. The molecule has 1 aromatic heterocycles. The van der Waals surface area contributed by atoms with Crippen molar-refractivity contribution < 1.29 is 0 Å². The molecule has 14 heavy (non-hydrogen) atoms. The van der Waals surface area contributed by atoms with E-state index in [4.69, 9.17) is 0 Å². The molecule has 0 saturated carbocycles. The van der Waals surface area contributed by atoms with E-state index in [0.29, 0.717) is 0 Å². The van der Waals surface area contributed by atoms with Gasteiger partial charge in [0.15, 0.2) is 0 Å². The summed E-state index contributed by atoms with van der Waals surface area (Å²) in [5, 5.41) is 2.35. The number of hydrogen-bond acceptors (Lipinski definition) is 1. The standard InChI is InChI=1S/C11H10Br2S/c1-2-10-9(6-12)8-4-3-7(13)5-11(8)14-10/h3-5H,2,6H2,1H3. The molecule has 3 heteroatoms. The van der Waals surface area contributed by atoms with E-state index >= 15 is 0 Å². The average Bonchev–Trinajstić information content (AvgIpc) is 2.54. The monoisotopic (exact) mass is 332 g/mol. The maximum absolute atomic E-state index is 3.56. The summed E-state index contributed by atoms with van der Waals surface area (Å²) in [6.07, 6.45) is 1.12. The van der Waals surface area contributed by atoms with Crippen molar-refractivity contribution >= 4 is 53.3 Å². The van der Waals surface area contributed by atoms with Gasteiger partial charge in [-0.3, -0.25) is 0 Å². The maximum atomic E-state index is 3.56. The second kappa shape index (κ2) is 4.33. The van der Waals surface area contributed by atoms with E-state index in [9.17, 15) is 0 Å². The first-order valence-corrected chi connectivity index (χ1v) is 7.25. The molecule has 1 aromatic carbocycles. The summed E-state index contributed by atoms with van der Waals surface area (Å²) in [6, 6.07) is 6.51. The molecule has 0 N–H and O–H groups in total. The first-order chi connectivity index (χ1) is 6.76. The van der Waals surface area contributed by atoms with Crippen molar-refractivity contribution in [2.24, 2.45) is 0 Å². The van der Waals surface area contributed by atoms with Crippen molar-refractivity contribution in [3.63, 3.8) is 0 Å². The van der Waals surface area contributed by atoms with Crippen LogP contribution >= 0.6 is 43.2 Å². The van der Waals surface area contributed by atoms with Crippen molar-refractivity contribution in [3.05, 3.63) is 33.1 Å². The number of fused-ring (bicyclic) bond motifs is 1. The highest BCUT2D eigenvalue weighted by Gasteiger charge is 2.09. The second-order valence-electron chi connectivity index (χ2n) is 3.13. The number of alkyl halides is 1. The normalized spacial score (nSPS) is 11.1. The van der Waals surface area contributed by atoms with E-state index < -0.39 is 0 Å². The number of aryl methyl sites for hydroxylation is 1. The van der Waals surface area contributed by atoms with Crippen molar-refractivity contribution in [2.45, 2.75) is 18.7 Å². The van der Waals surface area contributed by atoms with Crippen molar-refractivity contribution in [2.75, 3.05) is 0 Å². The van der Waals surface area contributed by atoms with Crippen LogP contribution in [0.15, 0.2) is 22.7 Å². The van der Waals surface area contributed by atoms with Crippen LogP contribution in [0.25, 0.3) is 10.1 Å². The molecule has 0 bridgehead atoms. The molecule has 0 radical (unpaired) electrons. The Bertz CT molecular complexity index is 460. The van der Waals surface area contributed by atoms with Gasteiger partial charge in [0.25, 0.3) is 0 Å². The van der Waals surface area contributed by atoms with Crippen LogP contribution in [0, 0.1) is 0 Å². The van der Waals surface area contributed by atoms with Gasteiger partial charge in [-0.2, -0.15) is 0 Å². The van der Waals surface area contributed by atoms with Gasteiger partial charge in [0.2, 0.25) is 0 Å². The molecule has 2 aromatic rings. The van der Waals surface area contributed by atoms with Crippen LogP contribution in [0.5, 0.6) is 0 Å². The summed E-state index contributed by atoms with van der Waals surface area (Å²) in [5.41, 5.74) is 1.46. The van der Waals surface area contributed by atoms with E-state index in [1.165, 1.54) is 20.5 Å². The summed E-state index contributed by atoms with van der Waals surface area (Å²) < 4.78 is 2.54. The lowest BCUT2D eigenvalue weighted by atomic mass is 10.1. The zero-order valence-electron chi connectivity index (χ0n) is 7.81. The van der Waals surface area contributed by atoms with Gasteiger partial charge in [-0.15, -0.1) is 11.3 Å². The molecular weight excluding hydrogens is 324 g/mol. The second-order valence-corrected chi connectivity index (χ2v) is 5.74. The molecule has 0 atom stereocenters. The predicted octanol–water partition coefficient (Wildman–Crippen LogP) is 5.12. The molecule has 0 aliphatic rings. The summed E-state index contributed by atoms with van der Waals surface area (Å²) in [5.74, 6) is 0. The molecule has 1 heterocycles. The number of hydrogen-bond donors (Lipinski definition) is 0. The highest BCUT2D eigenvalue weighted by atomic mass is 79.9. The highest BCUT2D eigenvalue weighted by Crippen LogP contribution is 2.34. The Hall–Kier alpha value is 0.140. The Labute approximate surface area is 105 Å². The lowest BCUT2D eigenvalue weighted by molar-refractivity contribution is 1.16. The number of halogens is 2. The van der Waals surface area contributed by atoms with E-state index in [0.717, 1.165) is 16.2 Å². The summed E-state index contributed by atoms with van der Waals surface area (Å²) in [7, 11) is 0. The fourth-order valence-corrected chi connectivity index (χ4v) is 4.15. The lowest BCUT2D eigenvalue weighted by Gasteiger charge is -1.96. The maximum Gasteiger partial charge on any atom is 0.0360 e. The Morgan fingerprint density at radius 2 is 2.14 bits per heavy atom. The quantitative estimate of drug-likeness (QED) is 0.669. The van der Waals surface area contributed by atoms with Gasteiger partial charge < -0.3 is 0 Å². The molecule has 0 fully saturated rings. The van der Waals surface area contributed by atoms with Gasteiger partial charge in [0, 0.05) is 19.4 Å². The van der Waals surface area contributed by atoms with E-state index in [1.807, 2.05) is 11.3 Å². The van der Waals surface area contributed by atoms with Crippen LogP contribution < -0.4 is 0 Å². The third kappa shape index (κ3) is 1.77. The van der Waals surface area contributed by atoms with Crippen molar-refractivity contribution in [1.82, 2.24) is 0 Å². The predicted molar refractivity (Wildman–Crippen MR) is 71.5 cm³/mol. The summed E-state index contributed by atoms with van der Waals surface area (Å²) in [4.78, 5) is 1.50. The van der Waals surface area contributed by atoms with Gasteiger partial charge in [-0.1, -0.05) is 44.8 Å². The zero-order chi connectivity index (χ0) is 10.1. The third-order valence-electron chi connectivity index (χ3n) is 2.29. The van der Waals surface area contributed by atoms with Gasteiger partial charge in [0.05, 0.1) is 0 Å². The van der Waals surface area contributed by atoms with Crippen LogP contribution in [-0.4, -0.2) is 0 Å².